The lowest BCUT2D eigenvalue weighted by atomic mass is 10.1. The fraction of sp³-hybridized carbons (Fsp3) is 0.158. The van der Waals surface area contributed by atoms with Crippen LogP contribution in [0.5, 0.6) is 5.75 Å². The SMILES string of the molecule is CC(=O)NCCc1c[nH]c2ccc(OC(=O)c3ccccc3)cc12. The van der Waals surface area contributed by atoms with Crippen molar-refractivity contribution in [3.63, 3.8) is 0 Å². The van der Waals surface area contributed by atoms with E-state index in [0.717, 1.165) is 16.5 Å². The fourth-order valence-electron chi connectivity index (χ4n) is 2.54. The summed E-state index contributed by atoms with van der Waals surface area (Å²) in [4.78, 5) is 26.3. The molecule has 1 amide bonds. The minimum atomic E-state index is -0.384. The van der Waals surface area contributed by atoms with Gasteiger partial charge in [0.2, 0.25) is 5.91 Å². The third-order valence-corrected chi connectivity index (χ3v) is 3.73. The largest absolute Gasteiger partial charge is 0.423 e. The molecule has 0 aliphatic rings. The van der Waals surface area contributed by atoms with Crippen LogP contribution in [-0.4, -0.2) is 23.4 Å². The van der Waals surface area contributed by atoms with Crippen LogP contribution in [0.15, 0.2) is 54.7 Å². The zero-order chi connectivity index (χ0) is 16.9. The van der Waals surface area contributed by atoms with Gasteiger partial charge in [0.1, 0.15) is 5.75 Å². The van der Waals surface area contributed by atoms with Crippen LogP contribution < -0.4 is 10.1 Å². The number of carbonyl (C=O) groups is 2. The second kappa shape index (κ2) is 7.00. The summed E-state index contributed by atoms with van der Waals surface area (Å²) in [6.07, 6.45) is 2.62. The van der Waals surface area contributed by atoms with Gasteiger partial charge < -0.3 is 15.0 Å². The van der Waals surface area contributed by atoms with Gasteiger partial charge in [-0.15, -0.1) is 0 Å². The molecule has 1 aromatic heterocycles. The number of hydrogen-bond acceptors (Lipinski definition) is 3. The molecule has 1 heterocycles. The van der Waals surface area contributed by atoms with Crippen molar-refractivity contribution >= 4 is 22.8 Å². The van der Waals surface area contributed by atoms with Gasteiger partial charge in [-0.25, -0.2) is 4.79 Å². The molecule has 0 atom stereocenters. The molecule has 0 bridgehead atoms. The van der Waals surface area contributed by atoms with Crippen molar-refractivity contribution in [2.75, 3.05) is 6.54 Å². The summed E-state index contributed by atoms with van der Waals surface area (Å²) in [7, 11) is 0. The van der Waals surface area contributed by atoms with E-state index < -0.39 is 0 Å². The van der Waals surface area contributed by atoms with E-state index in [0.29, 0.717) is 24.3 Å². The highest BCUT2D eigenvalue weighted by Gasteiger charge is 2.10. The van der Waals surface area contributed by atoms with Crippen LogP contribution in [0.25, 0.3) is 10.9 Å². The molecule has 0 unspecified atom stereocenters. The van der Waals surface area contributed by atoms with Gasteiger partial charge in [-0.1, -0.05) is 18.2 Å². The molecule has 0 aliphatic carbocycles. The van der Waals surface area contributed by atoms with Gasteiger partial charge in [-0.05, 0) is 42.3 Å². The fourth-order valence-corrected chi connectivity index (χ4v) is 2.54. The number of nitrogens with one attached hydrogen (secondary N) is 2. The predicted octanol–water partition coefficient (Wildman–Crippen LogP) is 3.07. The van der Waals surface area contributed by atoms with Crippen molar-refractivity contribution in [2.45, 2.75) is 13.3 Å². The van der Waals surface area contributed by atoms with Crippen LogP contribution in [0, 0.1) is 0 Å². The number of carbonyl (C=O) groups excluding carboxylic acids is 2. The van der Waals surface area contributed by atoms with Gasteiger partial charge in [0.15, 0.2) is 0 Å². The number of ether oxygens (including phenoxy) is 1. The molecular weight excluding hydrogens is 304 g/mol. The number of esters is 1. The van der Waals surface area contributed by atoms with Gasteiger partial charge in [0, 0.05) is 30.6 Å². The van der Waals surface area contributed by atoms with E-state index in [-0.39, 0.29) is 11.9 Å². The smallest absolute Gasteiger partial charge is 0.343 e. The summed E-state index contributed by atoms with van der Waals surface area (Å²) in [6, 6.07) is 14.4. The molecular formula is C19H18N2O3. The molecule has 2 aromatic carbocycles. The summed E-state index contributed by atoms with van der Waals surface area (Å²) in [5.74, 6) is 0.0642. The zero-order valence-corrected chi connectivity index (χ0v) is 13.3. The molecule has 0 radical (unpaired) electrons. The van der Waals surface area contributed by atoms with Crippen LogP contribution in [0.4, 0.5) is 0 Å². The highest BCUT2D eigenvalue weighted by Crippen LogP contribution is 2.24. The highest BCUT2D eigenvalue weighted by atomic mass is 16.5. The molecule has 0 saturated heterocycles. The number of amides is 1. The van der Waals surface area contributed by atoms with E-state index in [4.69, 9.17) is 4.74 Å². The summed E-state index contributed by atoms with van der Waals surface area (Å²) >= 11 is 0. The normalized spacial score (nSPS) is 10.5. The second-order valence-corrected chi connectivity index (χ2v) is 5.51. The average Bonchev–Trinajstić information content (AvgIpc) is 2.98. The van der Waals surface area contributed by atoms with E-state index in [2.05, 4.69) is 10.3 Å². The number of rotatable bonds is 5. The Hall–Kier alpha value is -3.08. The van der Waals surface area contributed by atoms with Crippen molar-refractivity contribution in [1.82, 2.24) is 10.3 Å². The molecule has 24 heavy (non-hydrogen) atoms. The number of aromatic amines is 1. The molecule has 122 valence electrons. The van der Waals surface area contributed by atoms with Crippen molar-refractivity contribution in [3.8, 4) is 5.75 Å². The van der Waals surface area contributed by atoms with Crippen molar-refractivity contribution < 1.29 is 14.3 Å². The zero-order valence-electron chi connectivity index (χ0n) is 13.3. The minimum Gasteiger partial charge on any atom is -0.423 e. The first-order valence-electron chi connectivity index (χ1n) is 7.75. The van der Waals surface area contributed by atoms with Crippen molar-refractivity contribution in [3.05, 3.63) is 65.9 Å². The maximum Gasteiger partial charge on any atom is 0.343 e. The third kappa shape index (κ3) is 3.63. The van der Waals surface area contributed by atoms with E-state index >= 15 is 0 Å². The summed E-state index contributed by atoms with van der Waals surface area (Å²) in [6.45, 7) is 2.06. The van der Waals surface area contributed by atoms with E-state index in [1.54, 1.807) is 30.3 Å². The molecule has 0 fully saturated rings. The standard InChI is InChI=1S/C19H18N2O3/c1-13(22)20-10-9-15-12-21-18-8-7-16(11-17(15)18)24-19(23)14-5-3-2-4-6-14/h2-8,11-12,21H,9-10H2,1H3,(H,20,22). The number of fused-ring (bicyclic) bond motifs is 1. The predicted molar refractivity (Wildman–Crippen MR) is 92.1 cm³/mol. The monoisotopic (exact) mass is 322 g/mol. The van der Waals surface area contributed by atoms with Crippen LogP contribution in [-0.2, 0) is 11.2 Å². The first kappa shape index (κ1) is 15.8. The van der Waals surface area contributed by atoms with Crippen LogP contribution in [0.2, 0.25) is 0 Å². The maximum absolute atomic E-state index is 12.1. The summed E-state index contributed by atoms with van der Waals surface area (Å²) in [5, 5.41) is 3.76. The Labute approximate surface area is 139 Å². The van der Waals surface area contributed by atoms with Gasteiger partial charge in [0.05, 0.1) is 5.56 Å². The lowest BCUT2D eigenvalue weighted by Crippen LogP contribution is -2.22. The van der Waals surface area contributed by atoms with Crippen LogP contribution in [0.3, 0.4) is 0 Å². The van der Waals surface area contributed by atoms with E-state index in [1.165, 1.54) is 6.92 Å². The Bertz CT molecular complexity index is 869. The Morgan fingerprint density at radius 3 is 2.67 bits per heavy atom. The minimum absolute atomic E-state index is 0.0488. The van der Waals surface area contributed by atoms with Gasteiger partial charge in [0.25, 0.3) is 0 Å². The molecule has 3 aromatic rings. The molecule has 3 rings (SSSR count). The Morgan fingerprint density at radius 2 is 1.92 bits per heavy atom. The molecule has 5 nitrogen and oxygen atoms in total. The van der Waals surface area contributed by atoms with Crippen molar-refractivity contribution in [2.24, 2.45) is 0 Å². The first-order chi connectivity index (χ1) is 11.6. The number of hydrogen-bond donors (Lipinski definition) is 2. The third-order valence-electron chi connectivity index (χ3n) is 3.73. The van der Waals surface area contributed by atoms with Gasteiger partial charge >= 0.3 is 5.97 Å². The molecule has 0 spiro atoms. The van der Waals surface area contributed by atoms with E-state index in [9.17, 15) is 9.59 Å². The van der Waals surface area contributed by atoms with Gasteiger partial charge in [-0.3, -0.25) is 4.79 Å². The highest BCUT2D eigenvalue weighted by molar-refractivity contribution is 5.92. The quantitative estimate of drug-likeness (QED) is 0.560. The lowest BCUT2D eigenvalue weighted by Gasteiger charge is -2.06. The topological polar surface area (TPSA) is 71.2 Å². The average molecular weight is 322 g/mol. The number of benzene rings is 2. The summed E-state index contributed by atoms with van der Waals surface area (Å²) in [5.41, 5.74) is 2.54. The molecule has 5 heteroatoms. The number of aromatic nitrogens is 1. The summed E-state index contributed by atoms with van der Waals surface area (Å²) < 4.78 is 5.45. The Balaban J connectivity index is 1.77. The van der Waals surface area contributed by atoms with Gasteiger partial charge in [-0.2, -0.15) is 0 Å². The molecule has 0 saturated carbocycles. The van der Waals surface area contributed by atoms with E-state index in [1.807, 2.05) is 24.4 Å². The van der Waals surface area contributed by atoms with Crippen molar-refractivity contribution in [1.29, 1.82) is 0 Å². The first-order valence-corrected chi connectivity index (χ1v) is 7.75. The maximum atomic E-state index is 12.1. The Kier molecular flexibility index (Phi) is 4.61. The number of H-pyrrole nitrogens is 1. The second-order valence-electron chi connectivity index (χ2n) is 5.51. The molecule has 0 aliphatic heterocycles. The van der Waals surface area contributed by atoms with Crippen LogP contribution in [0.1, 0.15) is 22.8 Å². The van der Waals surface area contributed by atoms with Crippen LogP contribution >= 0.6 is 0 Å². The molecule has 2 N–H and O–H groups in total. The lowest BCUT2D eigenvalue weighted by molar-refractivity contribution is -0.118. The Morgan fingerprint density at radius 1 is 1.12 bits per heavy atom.